The molecule has 3 aromatic rings. The second-order valence-corrected chi connectivity index (χ2v) is 20.9. The molecule has 3 aliphatic carbocycles. The van der Waals surface area contributed by atoms with Crippen LogP contribution in [0.5, 0.6) is 11.5 Å². The van der Waals surface area contributed by atoms with Crippen molar-refractivity contribution in [2.75, 3.05) is 58.3 Å². The molecule has 0 radical (unpaired) electrons. The van der Waals surface area contributed by atoms with Crippen molar-refractivity contribution in [3.05, 3.63) is 41.3 Å². The first kappa shape index (κ1) is 46.8. The van der Waals surface area contributed by atoms with Crippen LogP contribution in [0.3, 0.4) is 0 Å². The Balaban J connectivity index is 1.09. The number of piperazine rings is 1. The van der Waals surface area contributed by atoms with Crippen molar-refractivity contribution >= 4 is 62.8 Å². The van der Waals surface area contributed by atoms with Crippen molar-refractivity contribution in [3.8, 4) is 22.9 Å². The maximum absolute atomic E-state index is 14.9. The summed E-state index contributed by atoms with van der Waals surface area (Å²) in [6.07, 6.45) is 2.02. The Labute approximate surface area is 389 Å². The minimum absolute atomic E-state index is 0.0144. The summed E-state index contributed by atoms with van der Waals surface area (Å²) in [4.78, 5) is 69.6. The van der Waals surface area contributed by atoms with Crippen LogP contribution in [-0.2, 0) is 23.9 Å². The number of ether oxygens (including phenoxy) is 4. The van der Waals surface area contributed by atoms with Gasteiger partial charge in [0.1, 0.15) is 58.7 Å². The highest BCUT2D eigenvalue weighted by Crippen LogP contribution is 2.57. The number of benzene rings is 1. The van der Waals surface area contributed by atoms with Crippen molar-refractivity contribution in [3.63, 3.8) is 0 Å². The quantitative estimate of drug-likeness (QED) is 0.0987. The molecule has 0 bridgehead atoms. The van der Waals surface area contributed by atoms with Gasteiger partial charge in [-0.1, -0.05) is 45.4 Å². The number of halogens is 1. The van der Waals surface area contributed by atoms with Crippen molar-refractivity contribution < 1.29 is 38.1 Å². The van der Waals surface area contributed by atoms with Crippen LogP contribution in [0.15, 0.2) is 36.2 Å². The monoisotopic (exact) mass is 934 g/mol. The number of carbonyl (C=O) groups excluding carboxylic acids is 4. The number of alkyl carbamates (subject to hydrolysis) is 1. The maximum atomic E-state index is 14.9. The van der Waals surface area contributed by atoms with Crippen LogP contribution in [0.25, 0.3) is 22.3 Å². The summed E-state index contributed by atoms with van der Waals surface area (Å²) in [6, 6.07) is 3.47. The summed E-state index contributed by atoms with van der Waals surface area (Å²) >= 11 is 8.59. The fourth-order valence-corrected chi connectivity index (χ4v) is 11.0. The number of esters is 1. The normalized spacial score (nSPS) is 27.7. The van der Waals surface area contributed by atoms with E-state index in [1.165, 1.54) is 23.3 Å². The van der Waals surface area contributed by atoms with Gasteiger partial charge in [-0.05, 0) is 68.4 Å². The molecule has 352 valence electrons. The molecule has 16 nitrogen and oxygen atoms in total. The number of carbonyl (C=O) groups is 4. The Kier molecular flexibility index (Phi) is 13.6. The summed E-state index contributed by atoms with van der Waals surface area (Å²) in [6.45, 7) is 20.6. The molecule has 8 rings (SSSR count). The Morgan fingerprint density at radius 3 is 2.46 bits per heavy atom. The fourth-order valence-electron chi connectivity index (χ4n) is 9.85. The number of likely N-dealkylation sites (tertiary alicyclic amines) is 1. The number of fused-ring (bicyclic) bond motifs is 2. The number of pyridine rings is 1. The van der Waals surface area contributed by atoms with Gasteiger partial charge in [-0.2, -0.15) is 0 Å². The van der Waals surface area contributed by atoms with Gasteiger partial charge in [0.05, 0.1) is 24.9 Å². The first-order valence-electron chi connectivity index (χ1n) is 22.9. The van der Waals surface area contributed by atoms with Gasteiger partial charge in [0.2, 0.25) is 11.8 Å². The first-order chi connectivity index (χ1) is 31.0. The maximum Gasteiger partial charge on any atom is 0.408 e. The average molecular weight is 936 g/mol. The Morgan fingerprint density at radius 2 is 1.80 bits per heavy atom. The molecule has 4 heterocycles. The van der Waals surface area contributed by atoms with E-state index in [4.69, 9.17) is 40.5 Å². The zero-order valence-electron chi connectivity index (χ0n) is 38.4. The lowest BCUT2D eigenvalue weighted by Gasteiger charge is -2.35. The third kappa shape index (κ3) is 10.0. The molecule has 18 heteroatoms. The van der Waals surface area contributed by atoms with Crippen LogP contribution in [0.2, 0.25) is 5.02 Å². The average Bonchev–Trinajstić information content (AvgIpc) is 3.75. The molecule has 9 atom stereocenters. The molecule has 4 N–H and O–H groups in total. The second-order valence-electron chi connectivity index (χ2n) is 19.7. The smallest absolute Gasteiger partial charge is 0.408 e. The molecule has 1 aromatic carbocycles. The molecule has 3 saturated carbocycles. The van der Waals surface area contributed by atoms with E-state index in [1.807, 2.05) is 46.1 Å². The fraction of sp³-hybridized carbons (Fsp3) is 0.617. The summed E-state index contributed by atoms with van der Waals surface area (Å²) < 4.78 is 24.1. The van der Waals surface area contributed by atoms with Gasteiger partial charge in [-0.25, -0.2) is 19.6 Å². The van der Waals surface area contributed by atoms with Crippen LogP contribution in [0.4, 0.5) is 9.93 Å². The van der Waals surface area contributed by atoms with Gasteiger partial charge in [-0.15, -0.1) is 17.9 Å². The number of thiazole rings is 1. The number of hydrogen-bond donors (Lipinski definition) is 4. The molecule has 4 unspecified atom stereocenters. The molecule has 0 spiro atoms. The van der Waals surface area contributed by atoms with Crippen molar-refractivity contribution in [1.82, 2.24) is 35.7 Å². The lowest BCUT2D eigenvalue weighted by Crippen LogP contribution is -2.59. The SMILES string of the molecule is C=C[C@@H]1CC1(NC(=O)[C@@H]1CC(Oc2cc(-c3csc(NC(C)C)n3)nc3c(Cl)c(OCCN4CCNCC4)ccc23)CN1C(=O)[C@@H](NC(=O)OC1C[C@@H]2C(C)[C@@H]2C1)C(C)(C)C)C(=O)OC. The molecule has 2 saturated heterocycles. The highest BCUT2D eigenvalue weighted by Gasteiger charge is 2.62. The van der Waals surface area contributed by atoms with E-state index in [1.54, 1.807) is 18.2 Å². The van der Waals surface area contributed by atoms with Gasteiger partial charge in [0.25, 0.3) is 0 Å². The number of rotatable bonds is 16. The lowest BCUT2D eigenvalue weighted by molar-refractivity contribution is -0.148. The minimum atomic E-state index is -1.30. The van der Waals surface area contributed by atoms with Crippen molar-refractivity contribution in [1.29, 1.82) is 0 Å². The number of nitrogens with one attached hydrogen (secondary N) is 4. The summed E-state index contributed by atoms with van der Waals surface area (Å²) in [5.41, 5.74) is -0.528. The van der Waals surface area contributed by atoms with Gasteiger partial charge in [-0.3, -0.25) is 14.5 Å². The predicted octanol–water partition coefficient (Wildman–Crippen LogP) is 5.88. The minimum Gasteiger partial charge on any atom is -0.491 e. The number of nitrogens with zero attached hydrogens (tertiary/aromatic N) is 4. The zero-order valence-corrected chi connectivity index (χ0v) is 40.0. The summed E-state index contributed by atoms with van der Waals surface area (Å²) in [5.74, 6) is 0.726. The number of methoxy groups -OCH3 is 1. The molecule has 65 heavy (non-hydrogen) atoms. The number of aromatic nitrogens is 2. The van der Waals surface area contributed by atoms with Crippen LogP contribution < -0.4 is 30.7 Å². The van der Waals surface area contributed by atoms with Gasteiger partial charge in [0, 0.05) is 67.9 Å². The van der Waals surface area contributed by atoms with Crippen LogP contribution in [0.1, 0.15) is 67.2 Å². The van der Waals surface area contributed by atoms with E-state index in [2.05, 4.69) is 39.7 Å². The van der Waals surface area contributed by atoms with Crippen LogP contribution in [0, 0.1) is 29.1 Å². The van der Waals surface area contributed by atoms with Gasteiger partial charge in [0.15, 0.2) is 5.13 Å². The third-order valence-corrected chi connectivity index (χ3v) is 14.9. The zero-order chi connectivity index (χ0) is 46.4. The second kappa shape index (κ2) is 18.9. The molecule has 2 aromatic heterocycles. The largest absolute Gasteiger partial charge is 0.491 e. The van der Waals surface area contributed by atoms with E-state index >= 15 is 0 Å². The van der Waals surface area contributed by atoms with E-state index in [-0.39, 0.29) is 31.0 Å². The van der Waals surface area contributed by atoms with E-state index in [0.717, 1.165) is 50.7 Å². The molecule has 3 amide bonds. The summed E-state index contributed by atoms with van der Waals surface area (Å²) in [5, 5.41) is 16.1. The topological polar surface area (TPSA) is 186 Å². The lowest BCUT2D eigenvalue weighted by atomic mass is 9.85. The van der Waals surface area contributed by atoms with E-state index in [9.17, 15) is 19.2 Å². The number of anilines is 1. The van der Waals surface area contributed by atoms with Crippen molar-refractivity contribution in [2.24, 2.45) is 29.1 Å². The summed E-state index contributed by atoms with van der Waals surface area (Å²) in [7, 11) is 1.27. The Hall–Kier alpha value is -4.71. The predicted molar refractivity (Wildman–Crippen MR) is 249 cm³/mol. The standard InChI is InChI=1S/C47H63ClN8O8S/c1-9-27-22-47(27,43(59)61-8)54-41(57)35-20-29(23-56(35)42(58)40(46(5,6)7)53-45(60)64-28-18-31-26(4)32(31)19-28)63-37-21-33(34-24-65-44(52-34)50-25(2)3)51-39-30(37)10-11-36(38(39)48)62-17-16-55-14-12-49-13-15-55/h9-11,21,24-29,31-32,35,40,49H,1,12-20,22-23H2,2-8H3,(H,50,52)(H,53,60)(H,54,57)/t26?,27-,28?,29?,31-,32+,35+,40-,47?/m1/s1. The van der Waals surface area contributed by atoms with Crippen LogP contribution >= 0.6 is 22.9 Å². The Bertz CT molecular complexity index is 2290. The molecular weight excluding hydrogens is 872 g/mol. The molecule has 2 aliphatic heterocycles. The molecular formula is C47H63ClN8O8S. The highest BCUT2D eigenvalue weighted by molar-refractivity contribution is 7.14. The highest BCUT2D eigenvalue weighted by atomic mass is 35.5. The first-order valence-corrected chi connectivity index (χ1v) is 24.1. The van der Waals surface area contributed by atoms with Gasteiger partial charge < -0.3 is 45.1 Å². The third-order valence-electron chi connectivity index (χ3n) is 13.7. The van der Waals surface area contributed by atoms with Crippen molar-refractivity contribution in [2.45, 2.75) is 103 Å². The van der Waals surface area contributed by atoms with E-state index in [0.29, 0.717) is 69.6 Å². The van der Waals surface area contributed by atoms with Crippen LogP contribution in [-0.4, -0.2) is 133 Å². The Morgan fingerprint density at radius 1 is 1.06 bits per heavy atom. The number of amides is 3. The molecule has 5 fully saturated rings. The van der Waals surface area contributed by atoms with Gasteiger partial charge >= 0.3 is 12.1 Å². The molecule has 5 aliphatic rings. The van der Waals surface area contributed by atoms with E-state index < -0.39 is 53.0 Å². The number of hydrogen-bond acceptors (Lipinski definition) is 14.